The van der Waals surface area contributed by atoms with Crippen LogP contribution in [0.25, 0.3) is 11.2 Å². The molecule has 14 heteroatoms. The molecule has 13 nitrogen and oxygen atoms in total. The van der Waals surface area contributed by atoms with Gasteiger partial charge in [-0.15, -0.1) is 0 Å². The SMILES string of the molecule is CCCCCCCCN.Nc1ncnc2c1ncn2[C@@H]1O[C@H](COP(=O)(O)O)[C@@H](O)[C@H]1O. The third kappa shape index (κ3) is 7.42. The third-order valence-electron chi connectivity index (χ3n) is 4.96. The molecule has 0 radical (unpaired) electrons. The van der Waals surface area contributed by atoms with E-state index in [-0.39, 0.29) is 11.5 Å². The van der Waals surface area contributed by atoms with Gasteiger partial charge in [0.05, 0.1) is 12.9 Å². The van der Waals surface area contributed by atoms with Crippen LogP contribution < -0.4 is 11.5 Å². The second-order valence-corrected chi connectivity index (χ2v) is 8.71. The Labute approximate surface area is 186 Å². The van der Waals surface area contributed by atoms with Gasteiger partial charge in [0.15, 0.2) is 17.7 Å². The van der Waals surface area contributed by atoms with E-state index in [1.54, 1.807) is 0 Å². The number of nitrogen functional groups attached to an aromatic ring is 1. The maximum absolute atomic E-state index is 10.7. The van der Waals surface area contributed by atoms with Gasteiger partial charge >= 0.3 is 7.82 Å². The number of ether oxygens (including phenoxy) is 1. The summed E-state index contributed by atoms with van der Waals surface area (Å²) in [6.07, 6.45) is 5.56. The van der Waals surface area contributed by atoms with Crippen LogP contribution in [-0.4, -0.2) is 71.0 Å². The minimum atomic E-state index is -4.72. The Morgan fingerprint density at radius 1 is 1.12 bits per heavy atom. The molecule has 1 aliphatic heterocycles. The van der Waals surface area contributed by atoms with Crippen LogP contribution in [0.2, 0.25) is 0 Å². The van der Waals surface area contributed by atoms with Gasteiger partial charge in [0.1, 0.15) is 30.2 Å². The zero-order chi connectivity index (χ0) is 23.7. The van der Waals surface area contributed by atoms with Crippen molar-refractivity contribution in [2.24, 2.45) is 5.73 Å². The minimum absolute atomic E-state index is 0.142. The molecule has 3 heterocycles. The summed E-state index contributed by atoms with van der Waals surface area (Å²) in [6, 6.07) is 0. The molecule has 0 unspecified atom stereocenters. The van der Waals surface area contributed by atoms with E-state index in [4.69, 9.17) is 26.0 Å². The largest absolute Gasteiger partial charge is 0.469 e. The normalized spacial score (nSPS) is 23.3. The van der Waals surface area contributed by atoms with Gasteiger partial charge in [0, 0.05) is 0 Å². The highest BCUT2D eigenvalue weighted by Crippen LogP contribution is 2.38. The van der Waals surface area contributed by atoms with Crippen molar-refractivity contribution in [2.75, 3.05) is 18.9 Å². The van der Waals surface area contributed by atoms with Crippen LogP contribution in [0.4, 0.5) is 5.82 Å². The Morgan fingerprint density at radius 3 is 2.47 bits per heavy atom. The lowest BCUT2D eigenvalue weighted by molar-refractivity contribution is -0.0504. The summed E-state index contributed by atoms with van der Waals surface area (Å²) in [6.45, 7) is 2.51. The topological polar surface area (TPSA) is 212 Å². The Hall–Kier alpha value is -1.70. The molecule has 0 amide bonds. The Bertz CT molecular complexity index is 873. The third-order valence-corrected chi connectivity index (χ3v) is 5.45. The molecular weight excluding hydrogens is 443 g/mol. The fraction of sp³-hybridized carbons (Fsp3) is 0.722. The molecule has 32 heavy (non-hydrogen) atoms. The number of rotatable bonds is 10. The number of fused-ring (bicyclic) bond motifs is 1. The van der Waals surface area contributed by atoms with Crippen LogP contribution in [0, 0.1) is 0 Å². The summed E-state index contributed by atoms with van der Waals surface area (Å²) in [5.41, 5.74) is 11.6. The van der Waals surface area contributed by atoms with E-state index in [2.05, 4.69) is 26.4 Å². The van der Waals surface area contributed by atoms with Crippen molar-refractivity contribution < 1.29 is 33.8 Å². The molecule has 0 bridgehead atoms. The summed E-state index contributed by atoms with van der Waals surface area (Å²) < 4.78 is 21.8. The zero-order valence-electron chi connectivity index (χ0n) is 18.0. The number of hydrogen-bond donors (Lipinski definition) is 6. The van der Waals surface area contributed by atoms with Gasteiger partial charge in [-0.1, -0.05) is 39.0 Å². The number of unbranched alkanes of at least 4 members (excludes halogenated alkanes) is 5. The number of imidazole rings is 1. The van der Waals surface area contributed by atoms with Crippen molar-refractivity contribution in [3.63, 3.8) is 0 Å². The van der Waals surface area contributed by atoms with Gasteiger partial charge in [0.2, 0.25) is 0 Å². The van der Waals surface area contributed by atoms with Gasteiger partial charge < -0.3 is 36.2 Å². The average Bonchev–Trinajstić information content (AvgIpc) is 3.29. The molecule has 0 spiro atoms. The van der Waals surface area contributed by atoms with E-state index in [1.807, 2.05) is 0 Å². The number of nitrogens with two attached hydrogens (primary N) is 2. The van der Waals surface area contributed by atoms with Gasteiger partial charge in [-0.3, -0.25) is 9.09 Å². The minimum Gasteiger partial charge on any atom is -0.387 e. The zero-order valence-corrected chi connectivity index (χ0v) is 18.9. The van der Waals surface area contributed by atoms with Crippen LogP contribution in [0.3, 0.4) is 0 Å². The highest BCUT2D eigenvalue weighted by Gasteiger charge is 2.45. The highest BCUT2D eigenvalue weighted by atomic mass is 31.2. The number of phosphoric ester groups is 1. The van der Waals surface area contributed by atoms with E-state index in [0.717, 1.165) is 6.54 Å². The van der Waals surface area contributed by atoms with Gasteiger partial charge in [-0.2, -0.15) is 0 Å². The van der Waals surface area contributed by atoms with Crippen LogP contribution in [0.1, 0.15) is 51.7 Å². The summed E-state index contributed by atoms with van der Waals surface area (Å²) in [7, 11) is -4.72. The van der Waals surface area contributed by atoms with E-state index < -0.39 is 39.0 Å². The van der Waals surface area contributed by atoms with E-state index in [9.17, 15) is 14.8 Å². The van der Waals surface area contributed by atoms with Crippen LogP contribution in [-0.2, 0) is 13.8 Å². The number of nitrogens with zero attached hydrogens (tertiary/aromatic N) is 4. The van der Waals surface area contributed by atoms with Crippen molar-refractivity contribution in [1.82, 2.24) is 19.5 Å². The number of aliphatic hydroxyl groups is 2. The fourth-order valence-electron chi connectivity index (χ4n) is 3.25. The molecule has 1 fully saturated rings. The first-order chi connectivity index (χ1) is 15.2. The van der Waals surface area contributed by atoms with Crippen LogP contribution >= 0.6 is 7.82 Å². The predicted octanol–water partition coefficient (Wildman–Crippen LogP) is 0.443. The van der Waals surface area contributed by atoms with Gasteiger partial charge in [-0.25, -0.2) is 19.5 Å². The first kappa shape index (κ1) is 26.6. The second-order valence-electron chi connectivity index (χ2n) is 7.47. The predicted molar refractivity (Wildman–Crippen MR) is 116 cm³/mol. The smallest absolute Gasteiger partial charge is 0.387 e. The summed E-state index contributed by atoms with van der Waals surface area (Å²) >= 11 is 0. The average molecular weight is 476 g/mol. The Morgan fingerprint density at radius 2 is 1.81 bits per heavy atom. The molecule has 0 aliphatic carbocycles. The Kier molecular flexibility index (Phi) is 10.4. The second kappa shape index (κ2) is 12.5. The summed E-state index contributed by atoms with van der Waals surface area (Å²) in [4.78, 5) is 29.2. The molecule has 4 atom stereocenters. The first-order valence-corrected chi connectivity index (χ1v) is 12.1. The van der Waals surface area contributed by atoms with E-state index in [0.29, 0.717) is 5.52 Å². The molecule has 182 valence electrons. The molecule has 2 aromatic heterocycles. The number of hydrogen-bond acceptors (Lipinski definition) is 10. The molecule has 1 aliphatic rings. The molecule has 0 aromatic carbocycles. The highest BCUT2D eigenvalue weighted by molar-refractivity contribution is 7.46. The lowest BCUT2D eigenvalue weighted by Crippen LogP contribution is -2.33. The lowest BCUT2D eigenvalue weighted by atomic mass is 10.1. The molecule has 0 saturated carbocycles. The molecule has 1 saturated heterocycles. The quantitative estimate of drug-likeness (QED) is 0.204. The molecule has 2 aromatic rings. The number of anilines is 1. The van der Waals surface area contributed by atoms with Crippen LogP contribution in [0.15, 0.2) is 12.7 Å². The number of aliphatic hydroxyl groups excluding tert-OH is 2. The lowest BCUT2D eigenvalue weighted by Gasteiger charge is -2.16. The monoisotopic (exact) mass is 476 g/mol. The summed E-state index contributed by atoms with van der Waals surface area (Å²) in [5, 5.41) is 20.1. The maximum Gasteiger partial charge on any atom is 0.469 e. The molecule has 3 rings (SSSR count). The maximum atomic E-state index is 10.7. The Balaban J connectivity index is 0.000000344. The molecule has 8 N–H and O–H groups in total. The first-order valence-electron chi connectivity index (χ1n) is 10.5. The van der Waals surface area contributed by atoms with Gasteiger partial charge in [-0.05, 0) is 13.0 Å². The number of aromatic nitrogens is 4. The van der Waals surface area contributed by atoms with E-state index in [1.165, 1.54) is 55.7 Å². The van der Waals surface area contributed by atoms with E-state index >= 15 is 0 Å². The van der Waals surface area contributed by atoms with Crippen molar-refractivity contribution >= 4 is 24.8 Å². The van der Waals surface area contributed by atoms with Crippen molar-refractivity contribution in [3.8, 4) is 0 Å². The van der Waals surface area contributed by atoms with Crippen LogP contribution in [0.5, 0.6) is 0 Å². The van der Waals surface area contributed by atoms with Gasteiger partial charge in [0.25, 0.3) is 0 Å². The van der Waals surface area contributed by atoms with Crippen molar-refractivity contribution in [3.05, 3.63) is 12.7 Å². The fourth-order valence-corrected chi connectivity index (χ4v) is 3.59. The number of phosphoric acid groups is 1. The van der Waals surface area contributed by atoms with Crippen molar-refractivity contribution in [1.29, 1.82) is 0 Å². The van der Waals surface area contributed by atoms with Crippen molar-refractivity contribution in [2.45, 2.75) is 70.0 Å². The standard InChI is InChI=1S/C10H14N5O7P.C8H19N/c11-8-5-9(13-2-12-8)15(3-14-5)10-7(17)6(16)4(22-10)1-21-23(18,19)20;1-2-3-4-5-6-7-8-9/h2-4,6-7,10,16-17H,1H2,(H2,11,12,13)(H2,18,19,20);2-9H2,1H3/t4-,6-,7-,10-;/m1./s1. The summed E-state index contributed by atoms with van der Waals surface area (Å²) in [5.74, 6) is 0.142. The molecular formula is C18H33N6O7P.